The highest BCUT2D eigenvalue weighted by molar-refractivity contribution is 7.89. The van der Waals surface area contributed by atoms with Crippen molar-refractivity contribution in [3.63, 3.8) is 0 Å². The van der Waals surface area contributed by atoms with Crippen LogP contribution in [0, 0.1) is 0 Å². The van der Waals surface area contributed by atoms with E-state index in [1.807, 2.05) is 0 Å². The molecule has 2 N–H and O–H groups in total. The zero-order chi connectivity index (χ0) is 13.3. The number of hydrogen-bond acceptors (Lipinski definition) is 4. The van der Waals surface area contributed by atoms with E-state index in [1.165, 1.54) is 23.4 Å². The molecule has 1 saturated heterocycles. The predicted molar refractivity (Wildman–Crippen MR) is 67.8 cm³/mol. The molecule has 0 amide bonds. The molecule has 0 saturated carbocycles. The molecule has 18 heavy (non-hydrogen) atoms. The van der Waals surface area contributed by atoms with Crippen LogP contribution in [0.2, 0.25) is 0 Å². The molecule has 6 heteroatoms. The average Bonchev–Trinajstić information content (AvgIpc) is 2.77. The van der Waals surface area contributed by atoms with E-state index in [9.17, 15) is 13.2 Å². The van der Waals surface area contributed by atoms with Crippen LogP contribution in [0.1, 0.15) is 23.7 Å². The summed E-state index contributed by atoms with van der Waals surface area (Å²) in [5, 5.41) is 0. The highest BCUT2D eigenvalue weighted by Gasteiger charge is 2.31. The van der Waals surface area contributed by atoms with Gasteiger partial charge in [-0.3, -0.25) is 4.79 Å². The molecule has 5 nitrogen and oxygen atoms in total. The van der Waals surface area contributed by atoms with Gasteiger partial charge >= 0.3 is 0 Å². The van der Waals surface area contributed by atoms with Crippen molar-refractivity contribution in [1.82, 2.24) is 4.31 Å². The Bertz CT molecular complexity index is 568. The number of hydrogen-bond donors (Lipinski definition) is 1. The van der Waals surface area contributed by atoms with Crippen molar-refractivity contribution >= 4 is 15.8 Å². The van der Waals surface area contributed by atoms with Crippen LogP contribution in [0.25, 0.3) is 0 Å². The highest BCUT2D eigenvalue weighted by Crippen LogP contribution is 2.21. The minimum absolute atomic E-state index is 0.101. The fourth-order valence-electron chi connectivity index (χ4n) is 2.00. The quantitative estimate of drug-likeness (QED) is 0.814. The summed E-state index contributed by atoms with van der Waals surface area (Å²) in [6.45, 7) is 2.19. The molecule has 0 bridgehead atoms. The van der Waals surface area contributed by atoms with Gasteiger partial charge in [-0.15, -0.1) is 0 Å². The third-order valence-electron chi connectivity index (χ3n) is 3.07. The van der Waals surface area contributed by atoms with E-state index in [2.05, 4.69) is 0 Å². The van der Waals surface area contributed by atoms with Crippen molar-refractivity contribution < 1.29 is 13.2 Å². The SMILES string of the molecule is CC(=O)c1cccc(S(=O)(=O)N2CC[C@H](N)C2)c1. The van der Waals surface area contributed by atoms with Crippen molar-refractivity contribution in [3.8, 4) is 0 Å². The summed E-state index contributed by atoms with van der Waals surface area (Å²) in [7, 11) is -3.53. The molecule has 2 rings (SSSR count). The fourth-order valence-corrected chi connectivity index (χ4v) is 3.55. The van der Waals surface area contributed by atoms with Crippen molar-refractivity contribution in [2.45, 2.75) is 24.3 Å². The lowest BCUT2D eigenvalue weighted by Crippen LogP contribution is -2.32. The number of rotatable bonds is 3. The molecule has 0 radical (unpaired) electrons. The van der Waals surface area contributed by atoms with Crippen LogP contribution in [-0.4, -0.2) is 37.6 Å². The van der Waals surface area contributed by atoms with E-state index < -0.39 is 10.0 Å². The first kappa shape index (κ1) is 13.2. The Kier molecular flexibility index (Phi) is 3.52. The van der Waals surface area contributed by atoms with Crippen LogP contribution < -0.4 is 5.73 Å². The van der Waals surface area contributed by atoms with E-state index in [-0.39, 0.29) is 16.7 Å². The van der Waals surface area contributed by atoms with Gasteiger partial charge in [0.25, 0.3) is 0 Å². The molecule has 1 aromatic carbocycles. The first-order valence-electron chi connectivity index (χ1n) is 5.78. The van der Waals surface area contributed by atoms with Gasteiger partial charge in [-0.05, 0) is 25.5 Å². The molecule has 0 spiro atoms. The lowest BCUT2D eigenvalue weighted by molar-refractivity contribution is 0.101. The number of carbonyl (C=O) groups excluding carboxylic acids is 1. The van der Waals surface area contributed by atoms with Gasteiger partial charge in [0.05, 0.1) is 4.90 Å². The largest absolute Gasteiger partial charge is 0.326 e. The van der Waals surface area contributed by atoms with Gasteiger partial charge < -0.3 is 5.73 Å². The number of benzene rings is 1. The molecule has 98 valence electrons. The predicted octanol–water partition coefficient (Wildman–Crippen LogP) is 0.611. The topological polar surface area (TPSA) is 80.5 Å². The maximum atomic E-state index is 12.3. The van der Waals surface area contributed by atoms with E-state index in [1.54, 1.807) is 12.1 Å². The van der Waals surface area contributed by atoms with Crippen LogP contribution in [0.4, 0.5) is 0 Å². The van der Waals surface area contributed by atoms with Crippen molar-refractivity contribution in [3.05, 3.63) is 29.8 Å². The van der Waals surface area contributed by atoms with Gasteiger partial charge in [0, 0.05) is 24.7 Å². The molecular formula is C12H16N2O3S. The minimum atomic E-state index is -3.53. The Morgan fingerprint density at radius 3 is 2.72 bits per heavy atom. The summed E-state index contributed by atoms with van der Waals surface area (Å²) in [6.07, 6.45) is 0.672. The fraction of sp³-hybridized carbons (Fsp3) is 0.417. The van der Waals surface area contributed by atoms with Gasteiger partial charge in [-0.1, -0.05) is 12.1 Å². The first-order chi connectivity index (χ1) is 8.41. The Morgan fingerprint density at radius 1 is 1.44 bits per heavy atom. The molecule has 0 aromatic heterocycles. The van der Waals surface area contributed by atoms with E-state index in [0.717, 1.165) is 0 Å². The summed E-state index contributed by atoms with van der Waals surface area (Å²) < 4.78 is 26.0. The molecule has 1 fully saturated rings. The second-order valence-corrected chi connectivity index (χ2v) is 6.43. The first-order valence-corrected chi connectivity index (χ1v) is 7.22. The van der Waals surface area contributed by atoms with Crippen molar-refractivity contribution in [2.24, 2.45) is 5.73 Å². The van der Waals surface area contributed by atoms with Crippen LogP contribution >= 0.6 is 0 Å². The lowest BCUT2D eigenvalue weighted by Gasteiger charge is -2.16. The number of carbonyl (C=O) groups is 1. The highest BCUT2D eigenvalue weighted by atomic mass is 32.2. The van der Waals surface area contributed by atoms with Crippen molar-refractivity contribution in [2.75, 3.05) is 13.1 Å². The number of ketones is 1. The van der Waals surface area contributed by atoms with Gasteiger partial charge in [0.15, 0.2) is 5.78 Å². The monoisotopic (exact) mass is 268 g/mol. The smallest absolute Gasteiger partial charge is 0.243 e. The molecule has 1 aliphatic heterocycles. The van der Waals surface area contributed by atoms with Crippen LogP contribution in [0.5, 0.6) is 0 Å². The zero-order valence-electron chi connectivity index (χ0n) is 10.2. The van der Waals surface area contributed by atoms with Gasteiger partial charge in [-0.25, -0.2) is 8.42 Å². The standard InChI is InChI=1S/C12H16N2O3S/c1-9(15)10-3-2-4-12(7-10)18(16,17)14-6-5-11(13)8-14/h2-4,7,11H,5-6,8,13H2,1H3/t11-/m0/s1. The number of nitrogens with zero attached hydrogens (tertiary/aromatic N) is 1. The molecule has 0 unspecified atom stereocenters. The van der Waals surface area contributed by atoms with Crippen LogP contribution in [0.15, 0.2) is 29.2 Å². The Hall–Kier alpha value is -1.24. The summed E-state index contributed by atoms with van der Waals surface area (Å²) in [5.41, 5.74) is 6.12. The third kappa shape index (κ3) is 2.45. The molecule has 1 atom stereocenters. The van der Waals surface area contributed by atoms with E-state index in [0.29, 0.717) is 25.1 Å². The normalized spacial score (nSPS) is 21.1. The van der Waals surface area contributed by atoms with Crippen LogP contribution in [-0.2, 0) is 10.0 Å². The number of Topliss-reactive ketones (excluding diaryl/α,β-unsaturated/α-hetero) is 1. The summed E-state index contributed by atoms with van der Waals surface area (Å²) in [5.74, 6) is -0.148. The van der Waals surface area contributed by atoms with Gasteiger partial charge in [0.2, 0.25) is 10.0 Å². The second kappa shape index (κ2) is 4.79. The maximum Gasteiger partial charge on any atom is 0.243 e. The zero-order valence-corrected chi connectivity index (χ0v) is 11.0. The summed E-state index contributed by atoms with van der Waals surface area (Å²) in [4.78, 5) is 11.4. The van der Waals surface area contributed by atoms with Crippen molar-refractivity contribution in [1.29, 1.82) is 0 Å². The molecule has 1 heterocycles. The van der Waals surface area contributed by atoms with E-state index >= 15 is 0 Å². The molecular weight excluding hydrogens is 252 g/mol. The van der Waals surface area contributed by atoms with E-state index in [4.69, 9.17) is 5.73 Å². The Morgan fingerprint density at radius 2 is 2.17 bits per heavy atom. The Labute approximate surface area is 107 Å². The number of sulfonamides is 1. The average molecular weight is 268 g/mol. The second-order valence-electron chi connectivity index (χ2n) is 4.50. The lowest BCUT2D eigenvalue weighted by atomic mass is 10.2. The van der Waals surface area contributed by atoms with Gasteiger partial charge in [-0.2, -0.15) is 4.31 Å². The molecule has 1 aliphatic rings. The number of nitrogens with two attached hydrogens (primary N) is 1. The maximum absolute atomic E-state index is 12.3. The molecule has 0 aliphatic carbocycles. The third-order valence-corrected chi connectivity index (χ3v) is 4.93. The van der Waals surface area contributed by atoms with Crippen LogP contribution in [0.3, 0.4) is 0 Å². The summed E-state index contributed by atoms with van der Waals surface area (Å²) >= 11 is 0. The summed E-state index contributed by atoms with van der Waals surface area (Å²) in [6, 6.07) is 6.01. The van der Waals surface area contributed by atoms with Gasteiger partial charge in [0.1, 0.15) is 0 Å². The molecule has 1 aromatic rings. The minimum Gasteiger partial charge on any atom is -0.326 e. The Balaban J connectivity index is 2.35.